The molecule has 2 aliphatic heterocycles. The Labute approximate surface area is 142 Å². The number of rotatable bonds is 5. The Morgan fingerprint density at radius 2 is 2.08 bits per heavy atom. The standard InChI is InChI=1S/C16H22N2O5S/c1-3-17(10-12-6-7-14-15(9-12)23-11-22-14)16(19)13-5-4-8-18(13)24(2,20)21/h6-7,9,13H,3-5,8,10-11H2,1-2H3. The molecule has 7 nitrogen and oxygen atoms in total. The zero-order valence-corrected chi connectivity index (χ0v) is 14.7. The molecular weight excluding hydrogens is 332 g/mol. The highest BCUT2D eigenvalue weighted by Gasteiger charge is 2.38. The van der Waals surface area contributed by atoms with E-state index in [0.717, 1.165) is 11.8 Å². The lowest BCUT2D eigenvalue weighted by Gasteiger charge is -2.28. The van der Waals surface area contributed by atoms with E-state index in [1.165, 1.54) is 4.31 Å². The Morgan fingerprint density at radius 3 is 2.79 bits per heavy atom. The number of carbonyl (C=O) groups is 1. The second-order valence-corrected chi connectivity index (χ2v) is 8.01. The molecule has 132 valence electrons. The number of ether oxygens (including phenoxy) is 2. The molecule has 0 aromatic heterocycles. The largest absolute Gasteiger partial charge is 0.454 e. The summed E-state index contributed by atoms with van der Waals surface area (Å²) in [6.45, 7) is 3.45. The number of hydrogen-bond donors (Lipinski definition) is 0. The number of likely N-dealkylation sites (N-methyl/N-ethyl adjacent to an activating group) is 1. The lowest BCUT2D eigenvalue weighted by Crippen LogP contribution is -2.47. The van der Waals surface area contributed by atoms with Crippen molar-refractivity contribution in [3.63, 3.8) is 0 Å². The molecule has 0 bridgehead atoms. The number of amides is 1. The molecule has 1 aromatic carbocycles. The Morgan fingerprint density at radius 1 is 1.33 bits per heavy atom. The third-order valence-corrected chi connectivity index (χ3v) is 5.71. The van der Waals surface area contributed by atoms with Gasteiger partial charge in [0.2, 0.25) is 22.7 Å². The van der Waals surface area contributed by atoms with E-state index < -0.39 is 16.1 Å². The smallest absolute Gasteiger partial charge is 0.241 e. The summed E-state index contributed by atoms with van der Waals surface area (Å²) in [4.78, 5) is 14.5. The molecule has 0 N–H and O–H groups in total. The van der Waals surface area contributed by atoms with Crippen LogP contribution in [0.4, 0.5) is 0 Å². The topological polar surface area (TPSA) is 76.2 Å². The lowest BCUT2D eigenvalue weighted by molar-refractivity contribution is -0.135. The van der Waals surface area contributed by atoms with Gasteiger partial charge in [-0.2, -0.15) is 4.31 Å². The van der Waals surface area contributed by atoms with Crippen molar-refractivity contribution in [2.24, 2.45) is 0 Å². The summed E-state index contributed by atoms with van der Waals surface area (Å²) in [5, 5.41) is 0. The minimum Gasteiger partial charge on any atom is -0.454 e. The molecule has 0 spiro atoms. The van der Waals surface area contributed by atoms with Crippen molar-refractivity contribution in [1.29, 1.82) is 0 Å². The third kappa shape index (κ3) is 3.34. The molecule has 8 heteroatoms. The maximum absolute atomic E-state index is 12.8. The van der Waals surface area contributed by atoms with Crippen LogP contribution in [0.5, 0.6) is 11.5 Å². The fraction of sp³-hybridized carbons (Fsp3) is 0.562. The Hall–Kier alpha value is -1.80. The van der Waals surface area contributed by atoms with Crippen molar-refractivity contribution in [1.82, 2.24) is 9.21 Å². The van der Waals surface area contributed by atoms with Crippen molar-refractivity contribution in [3.8, 4) is 11.5 Å². The van der Waals surface area contributed by atoms with Gasteiger partial charge in [-0.05, 0) is 37.5 Å². The van der Waals surface area contributed by atoms with E-state index in [1.807, 2.05) is 25.1 Å². The molecule has 1 atom stereocenters. The molecule has 2 heterocycles. The number of hydrogen-bond acceptors (Lipinski definition) is 5. The first-order valence-electron chi connectivity index (χ1n) is 8.04. The van der Waals surface area contributed by atoms with Crippen LogP contribution in [0.3, 0.4) is 0 Å². The molecule has 0 radical (unpaired) electrons. The quantitative estimate of drug-likeness (QED) is 0.794. The second kappa shape index (κ2) is 6.60. The summed E-state index contributed by atoms with van der Waals surface area (Å²) >= 11 is 0. The zero-order chi connectivity index (χ0) is 17.3. The van der Waals surface area contributed by atoms with E-state index in [2.05, 4.69) is 0 Å². The van der Waals surface area contributed by atoms with Gasteiger partial charge in [-0.1, -0.05) is 6.07 Å². The van der Waals surface area contributed by atoms with Gasteiger partial charge in [-0.3, -0.25) is 4.79 Å². The van der Waals surface area contributed by atoms with E-state index >= 15 is 0 Å². The van der Waals surface area contributed by atoms with Crippen molar-refractivity contribution in [2.45, 2.75) is 32.4 Å². The summed E-state index contributed by atoms with van der Waals surface area (Å²) < 4.78 is 35.7. The molecule has 1 aromatic rings. The number of benzene rings is 1. The number of carbonyl (C=O) groups excluding carboxylic acids is 1. The zero-order valence-electron chi connectivity index (χ0n) is 13.9. The maximum atomic E-state index is 12.8. The fourth-order valence-electron chi connectivity index (χ4n) is 3.20. The van der Waals surface area contributed by atoms with Crippen molar-refractivity contribution in [3.05, 3.63) is 23.8 Å². The highest BCUT2D eigenvalue weighted by molar-refractivity contribution is 7.88. The van der Waals surface area contributed by atoms with Gasteiger partial charge >= 0.3 is 0 Å². The molecule has 0 saturated carbocycles. The van der Waals surface area contributed by atoms with Crippen LogP contribution in [0.1, 0.15) is 25.3 Å². The normalized spacial score (nSPS) is 20.3. The Bertz CT molecular complexity index is 734. The number of fused-ring (bicyclic) bond motifs is 1. The third-order valence-electron chi connectivity index (χ3n) is 4.42. The molecule has 1 amide bonds. The first-order valence-corrected chi connectivity index (χ1v) is 9.89. The van der Waals surface area contributed by atoms with E-state index in [4.69, 9.17) is 9.47 Å². The number of sulfonamides is 1. The van der Waals surface area contributed by atoms with Gasteiger partial charge in [0.25, 0.3) is 0 Å². The van der Waals surface area contributed by atoms with Crippen LogP contribution < -0.4 is 9.47 Å². The van der Waals surface area contributed by atoms with Crippen LogP contribution in [0.2, 0.25) is 0 Å². The molecule has 24 heavy (non-hydrogen) atoms. The van der Waals surface area contributed by atoms with Gasteiger partial charge in [0.15, 0.2) is 11.5 Å². The highest BCUT2D eigenvalue weighted by atomic mass is 32.2. The van der Waals surface area contributed by atoms with Gasteiger partial charge in [0.1, 0.15) is 6.04 Å². The van der Waals surface area contributed by atoms with Crippen LogP contribution in [0.25, 0.3) is 0 Å². The molecular formula is C16H22N2O5S. The van der Waals surface area contributed by atoms with Crippen LogP contribution in [-0.2, 0) is 21.4 Å². The molecule has 1 unspecified atom stereocenters. The van der Waals surface area contributed by atoms with E-state index in [-0.39, 0.29) is 12.7 Å². The van der Waals surface area contributed by atoms with Gasteiger partial charge in [0, 0.05) is 19.6 Å². The summed E-state index contributed by atoms with van der Waals surface area (Å²) in [6, 6.07) is 5.00. The molecule has 2 aliphatic rings. The molecule has 3 rings (SSSR count). The van der Waals surface area contributed by atoms with Gasteiger partial charge in [-0.25, -0.2) is 8.42 Å². The summed E-state index contributed by atoms with van der Waals surface area (Å²) in [5.41, 5.74) is 0.929. The van der Waals surface area contributed by atoms with Crippen molar-refractivity contribution >= 4 is 15.9 Å². The predicted molar refractivity (Wildman–Crippen MR) is 88.2 cm³/mol. The van der Waals surface area contributed by atoms with Gasteiger partial charge in [0.05, 0.1) is 6.26 Å². The molecule has 0 aliphatic carbocycles. The van der Waals surface area contributed by atoms with E-state index in [9.17, 15) is 13.2 Å². The minimum atomic E-state index is -3.37. The van der Waals surface area contributed by atoms with Crippen molar-refractivity contribution < 1.29 is 22.7 Å². The monoisotopic (exact) mass is 354 g/mol. The molecule has 1 saturated heterocycles. The van der Waals surface area contributed by atoms with Crippen LogP contribution >= 0.6 is 0 Å². The van der Waals surface area contributed by atoms with Crippen molar-refractivity contribution in [2.75, 3.05) is 26.1 Å². The Kier molecular flexibility index (Phi) is 4.69. The van der Waals surface area contributed by atoms with Gasteiger partial charge < -0.3 is 14.4 Å². The SMILES string of the molecule is CCN(Cc1ccc2c(c1)OCO2)C(=O)C1CCCN1S(C)(=O)=O. The number of nitrogens with zero attached hydrogens (tertiary/aromatic N) is 2. The second-order valence-electron chi connectivity index (χ2n) is 6.07. The average molecular weight is 354 g/mol. The summed E-state index contributed by atoms with van der Waals surface area (Å²) in [6.07, 6.45) is 2.45. The van der Waals surface area contributed by atoms with Crippen LogP contribution in [-0.4, -0.2) is 55.7 Å². The first kappa shape index (κ1) is 17.0. The lowest BCUT2D eigenvalue weighted by atomic mass is 10.1. The highest BCUT2D eigenvalue weighted by Crippen LogP contribution is 2.33. The minimum absolute atomic E-state index is 0.141. The van der Waals surface area contributed by atoms with E-state index in [0.29, 0.717) is 44.0 Å². The average Bonchev–Trinajstić information content (AvgIpc) is 3.19. The van der Waals surface area contributed by atoms with Crippen LogP contribution in [0.15, 0.2) is 18.2 Å². The molecule has 1 fully saturated rings. The first-order chi connectivity index (χ1) is 11.4. The summed E-state index contributed by atoms with van der Waals surface area (Å²) in [5.74, 6) is 1.24. The van der Waals surface area contributed by atoms with Gasteiger partial charge in [-0.15, -0.1) is 0 Å². The predicted octanol–water partition coefficient (Wildman–Crippen LogP) is 1.19. The summed E-state index contributed by atoms with van der Waals surface area (Å²) in [7, 11) is -3.37. The van der Waals surface area contributed by atoms with E-state index in [1.54, 1.807) is 4.90 Å². The van der Waals surface area contributed by atoms with Crippen LogP contribution in [0, 0.1) is 0 Å². The fourth-order valence-corrected chi connectivity index (χ4v) is 4.32. The maximum Gasteiger partial charge on any atom is 0.241 e. The Balaban J connectivity index is 1.75.